The first-order valence-corrected chi connectivity index (χ1v) is 17.8. The van der Waals surface area contributed by atoms with Gasteiger partial charge in [-0.25, -0.2) is 0 Å². The van der Waals surface area contributed by atoms with Crippen molar-refractivity contribution in [3.05, 3.63) is 0 Å². The summed E-state index contributed by atoms with van der Waals surface area (Å²) in [5, 5.41) is 0. The second-order valence-corrected chi connectivity index (χ2v) is 13.8. The van der Waals surface area contributed by atoms with Crippen molar-refractivity contribution in [2.24, 2.45) is 0 Å². The van der Waals surface area contributed by atoms with Crippen LogP contribution in [0.4, 0.5) is 0 Å². The Hall–Kier alpha value is 0.340. The first kappa shape index (κ1) is 32.3. The molecule has 0 radical (unpaired) electrons. The molecule has 0 aliphatic heterocycles. The quantitative estimate of drug-likeness (QED) is 0.0704. The van der Waals surface area contributed by atoms with E-state index in [1.165, 1.54) is 132 Å². The van der Waals surface area contributed by atoms with Gasteiger partial charge in [0.1, 0.15) is 0 Å². The van der Waals surface area contributed by atoms with Crippen molar-refractivity contribution in [3.8, 4) is 0 Å². The molecular formula is C24H48N2O2S4. The fourth-order valence-electron chi connectivity index (χ4n) is 3.45. The molecular weight excluding hydrogens is 477 g/mol. The summed E-state index contributed by atoms with van der Waals surface area (Å²) in [4.78, 5) is 23.6. The van der Waals surface area contributed by atoms with Crippen LogP contribution in [0.1, 0.15) is 142 Å². The average molecular weight is 525 g/mol. The Bertz CT molecular complexity index is 391. The van der Waals surface area contributed by atoms with Gasteiger partial charge >= 0.3 is 0 Å². The Morgan fingerprint density at radius 1 is 0.469 bits per heavy atom. The van der Waals surface area contributed by atoms with Crippen molar-refractivity contribution < 1.29 is 9.59 Å². The highest BCUT2D eigenvalue weighted by Gasteiger charge is 2.04. The molecule has 0 aliphatic rings. The maximum atomic E-state index is 11.8. The number of unbranched alkanes of at least 4 members (excludes halogenated alkanes) is 16. The first-order chi connectivity index (χ1) is 15.7. The Morgan fingerprint density at radius 2 is 0.750 bits per heavy atom. The molecule has 0 rings (SSSR count). The molecule has 190 valence electrons. The minimum Gasteiger partial charge on any atom is -0.290 e. The number of hydrogen-bond donors (Lipinski definition) is 2. The molecule has 0 unspecified atom stereocenters. The number of carbonyl (C=O) groups is 2. The van der Waals surface area contributed by atoms with Crippen LogP contribution < -0.4 is 9.44 Å². The highest BCUT2D eigenvalue weighted by Crippen LogP contribution is 2.39. The third-order valence-corrected chi connectivity index (χ3v) is 10.5. The van der Waals surface area contributed by atoms with Gasteiger partial charge in [0.05, 0.1) is 0 Å². The van der Waals surface area contributed by atoms with Crippen molar-refractivity contribution in [3.63, 3.8) is 0 Å². The van der Waals surface area contributed by atoms with Crippen LogP contribution in [-0.2, 0) is 9.59 Å². The maximum absolute atomic E-state index is 11.8. The van der Waals surface area contributed by atoms with Crippen LogP contribution in [0.3, 0.4) is 0 Å². The van der Waals surface area contributed by atoms with Crippen molar-refractivity contribution in [1.82, 2.24) is 9.44 Å². The summed E-state index contributed by atoms with van der Waals surface area (Å²) in [6.45, 7) is 4.49. The third kappa shape index (κ3) is 26.6. The van der Waals surface area contributed by atoms with Gasteiger partial charge in [-0.2, -0.15) is 0 Å². The van der Waals surface area contributed by atoms with Crippen LogP contribution in [0.2, 0.25) is 0 Å². The Labute approximate surface area is 214 Å². The second-order valence-electron chi connectivity index (χ2n) is 8.51. The lowest BCUT2D eigenvalue weighted by Gasteiger charge is -2.05. The van der Waals surface area contributed by atoms with Gasteiger partial charge in [-0.1, -0.05) is 117 Å². The molecule has 0 saturated carbocycles. The molecule has 0 saturated heterocycles. The molecule has 2 amide bonds. The van der Waals surface area contributed by atoms with Crippen LogP contribution in [0.15, 0.2) is 0 Å². The summed E-state index contributed by atoms with van der Waals surface area (Å²) in [5.41, 5.74) is 0. The van der Waals surface area contributed by atoms with Crippen LogP contribution in [-0.4, -0.2) is 11.8 Å². The molecule has 0 heterocycles. The summed E-state index contributed by atoms with van der Waals surface area (Å²) in [6, 6.07) is 0. The molecule has 0 aliphatic carbocycles. The molecule has 0 fully saturated rings. The summed E-state index contributed by atoms with van der Waals surface area (Å²) >= 11 is 0. The van der Waals surface area contributed by atoms with E-state index in [0.29, 0.717) is 12.8 Å². The van der Waals surface area contributed by atoms with Gasteiger partial charge in [-0.15, -0.1) is 0 Å². The van der Waals surface area contributed by atoms with E-state index in [-0.39, 0.29) is 11.8 Å². The predicted molar refractivity (Wildman–Crippen MR) is 150 cm³/mol. The Morgan fingerprint density at radius 3 is 1.06 bits per heavy atom. The van der Waals surface area contributed by atoms with E-state index in [2.05, 4.69) is 23.3 Å². The van der Waals surface area contributed by atoms with Crippen LogP contribution in [0.25, 0.3) is 0 Å². The number of hydrogen-bond acceptors (Lipinski definition) is 6. The van der Waals surface area contributed by atoms with E-state index < -0.39 is 0 Å². The largest absolute Gasteiger partial charge is 0.290 e. The number of rotatable bonds is 25. The van der Waals surface area contributed by atoms with Crippen LogP contribution in [0.5, 0.6) is 0 Å². The van der Waals surface area contributed by atoms with Gasteiger partial charge < -0.3 is 0 Å². The molecule has 0 atom stereocenters. The van der Waals surface area contributed by atoms with Gasteiger partial charge in [0, 0.05) is 54.5 Å². The van der Waals surface area contributed by atoms with E-state index in [1.54, 1.807) is 0 Å². The zero-order valence-electron chi connectivity index (χ0n) is 20.6. The summed E-state index contributed by atoms with van der Waals surface area (Å²) in [6.07, 6.45) is 24.0. The molecule has 32 heavy (non-hydrogen) atoms. The zero-order valence-corrected chi connectivity index (χ0v) is 23.9. The smallest absolute Gasteiger partial charge is 0.230 e. The molecule has 4 nitrogen and oxygen atoms in total. The number of carbonyl (C=O) groups excluding carboxylic acids is 2. The van der Waals surface area contributed by atoms with Crippen molar-refractivity contribution in [1.29, 1.82) is 0 Å². The maximum Gasteiger partial charge on any atom is 0.230 e. The summed E-state index contributed by atoms with van der Waals surface area (Å²) in [7, 11) is 5.61. The third-order valence-electron chi connectivity index (χ3n) is 5.42. The van der Waals surface area contributed by atoms with E-state index in [1.807, 2.05) is 0 Å². The predicted octanol–water partition coefficient (Wildman–Crippen LogP) is 9.57. The highest BCUT2D eigenvalue weighted by molar-refractivity contribution is 9.25. The minimum atomic E-state index is 0.102. The normalized spacial score (nSPS) is 10.9. The van der Waals surface area contributed by atoms with Crippen molar-refractivity contribution in [2.45, 2.75) is 142 Å². The lowest BCUT2D eigenvalue weighted by Crippen LogP contribution is -2.14. The van der Waals surface area contributed by atoms with Crippen LogP contribution >= 0.6 is 41.6 Å². The standard InChI is InChI=1S/C24H48N2O2S4/c1-3-5-7-9-11-13-15-17-19-21-23(27)25-29-31-32-30-26-24(28)22-20-18-16-14-12-10-8-6-4-2/h3-22H2,1-2H3,(H,25,27)(H,26,28). The number of nitrogens with one attached hydrogen (secondary N) is 2. The first-order valence-electron chi connectivity index (χ1n) is 12.9. The monoisotopic (exact) mass is 524 g/mol. The molecule has 2 N–H and O–H groups in total. The molecule has 0 spiro atoms. The fraction of sp³-hybridized carbons (Fsp3) is 0.917. The summed E-state index contributed by atoms with van der Waals surface area (Å²) in [5.74, 6) is 0.205. The van der Waals surface area contributed by atoms with Gasteiger partial charge in [-0.05, 0) is 12.8 Å². The zero-order chi connectivity index (χ0) is 23.5. The van der Waals surface area contributed by atoms with Crippen molar-refractivity contribution in [2.75, 3.05) is 0 Å². The molecule has 0 bridgehead atoms. The lowest BCUT2D eigenvalue weighted by molar-refractivity contribution is -0.120. The Balaban J connectivity index is 3.27. The number of amides is 2. The molecule has 0 aromatic heterocycles. The molecule has 0 aromatic carbocycles. The van der Waals surface area contributed by atoms with E-state index >= 15 is 0 Å². The topological polar surface area (TPSA) is 58.2 Å². The van der Waals surface area contributed by atoms with Gasteiger partial charge in [0.15, 0.2) is 0 Å². The van der Waals surface area contributed by atoms with Crippen LogP contribution in [0, 0.1) is 0 Å². The Kier molecular flexibility index (Phi) is 27.9. The van der Waals surface area contributed by atoms with Gasteiger partial charge in [0.25, 0.3) is 0 Å². The van der Waals surface area contributed by atoms with Gasteiger partial charge in [-0.3, -0.25) is 19.0 Å². The SMILES string of the molecule is CCCCCCCCCCCC(=O)NSSSSNC(=O)CCCCCCCCCCC. The molecule has 8 heteroatoms. The van der Waals surface area contributed by atoms with Gasteiger partial charge in [0.2, 0.25) is 11.8 Å². The lowest BCUT2D eigenvalue weighted by atomic mass is 10.1. The molecule has 0 aromatic rings. The van der Waals surface area contributed by atoms with E-state index in [4.69, 9.17) is 0 Å². The second kappa shape index (κ2) is 27.6. The van der Waals surface area contributed by atoms with E-state index in [9.17, 15) is 9.59 Å². The highest BCUT2D eigenvalue weighted by atomic mass is 33.7. The van der Waals surface area contributed by atoms with Crippen molar-refractivity contribution >= 4 is 53.4 Å². The fourth-order valence-corrected chi connectivity index (χ4v) is 7.50. The average Bonchev–Trinajstić information content (AvgIpc) is 2.79. The van der Waals surface area contributed by atoms with E-state index in [0.717, 1.165) is 25.7 Å². The minimum absolute atomic E-state index is 0.102. The summed E-state index contributed by atoms with van der Waals surface area (Å²) < 4.78 is 5.72.